The molecule has 1 saturated carbocycles. The Labute approximate surface area is 134 Å². The first-order valence-electron chi connectivity index (χ1n) is 8.66. The van der Waals surface area contributed by atoms with Crippen molar-refractivity contribution in [2.45, 2.75) is 64.0 Å². The largest absolute Gasteiger partial charge is 0.497 e. The zero-order valence-electron chi connectivity index (χ0n) is 14.0. The lowest BCUT2D eigenvalue weighted by atomic mass is 9.77. The van der Waals surface area contributed by atoms with Crippen LogP contribution < -0.4 is 4.74 Å². The SMILES string of the molecule is CCCCC[C@]1(F)CC[C@H](C=Cc2ccc(OC)cc2)CC1. The second kappa shape index (κ2) is 8.36. The van der Waals surface area contributed by atoms with Crippen molar-refractivity contribution in [3.63, 3.8) is 0 Å². The predicted molar refractivity (Wildman–Crippen MR) is 92.0 cm³/mol. The van der Waals surface area contributed by atoms with Crippen molar-refractivity contribution in [3.05, 3.63) is 35.9 Å². The van der Waals surface area contributed by atoms with E-state index in [1.807, 2.05) is 12.1 Å². The normalized spacial score (nSPS) is 25.5. The molecule has 0 radical (unpaired) electrons. The van der Waals surface area contributed by atoms with E-state index >= 15 is 0 Å². The molecule has 0 aliphatic heterocycles. The van der Waals surface area contributed by atoms with Gasteiger partial charge in [0.15, 0.2) is 0 Å². The number of ether oxygens (including phenoxy) is 1. The zero-order chi connectivity index (χ0) is 15.8. The van der Waals surface area contributed by atoms with Gasteiger partial charge in [0.2, 0.25) is 0 Å². The average molecular weight is 304 g/mol. The second-order valence-electron chi connectivity index (χ2n) is 6.58. The third-order valence-electron chi connectivity index (χ3n) is 4.83. The Hall–Kier alpha value is -1.31. The minimum absolute atomic E-state index is 0.525. The molecule has 0 aromatic heterocycles. The highest BCUT2D eigenvalue weighted by Gasteiger charge is 2.33. The first-order valence-corrected chi connectivity index (χ1v) is 8.66. The van der Waals surface area contributed by atoms with Gasteiger partial charge in [0.25, 0.3) is 0 Å². The third-order valence-corrected chi connectivity index (χ3v) is 4.83. The number of halogens is 1. The molecule has 0 heterocycles. The summed E-state index contributed by atoms with van der Waals surface area (Å²) in [4.78, 5) is 0. The fourth-order valence-electron chi connectivity index (χ4n) is 3.25. The summed E-state index contributed by atoms with van der Waals surface area (Å²) in [7, 11) is 1.68. The van der Waals surface area contributed by atoms with Crippen LogP contribution in [0.3, 0.4) is 0 Å². The number of unbranched alkanes of at least 4 members (excludes halogenated alkanes) is 2. The first-order chi connectivity index (χ1) is 10.6. The van der Waals surface area contributed by atoms with Gasteiger partial charge in [-0.3, -0.25) is 0 Å². The highest BCUT2D eigenvalue weighted by atomic mass is 19.1. The number of hydrogen-bond donors (Lipinski definition) is 0. The molecule has 1 nitrogen and oxygen atoms in total. The van der Waals surface area contributed by atoms with E-state index in [-0.39, 0.29) is 0 Å². The molecule has 1 aromatic rings. The van der Waals surface area contributed by atoms with Gasteiger partial charge < -0.3 is 4.74 Å². The standard InChI is InChI=1S/C20H29FO/c1-3-4-5-14-20(21)15-12-18(13-16-20)7-6-17-8-10-19(22-2)11-9-17/h6-11,18H,3-5,12-16H2,1-2H3/t18-,20-. The fraction of sp³-hybridized carbons (Fsp3) is 0.600. The molecule has 1 aliphatic carbocycles. The highest BCUT2D eigenvalue weighted by Crippen LogP contribution is 2.39. The molecule has 0 amide bonds. The van der Waals surface area contributed by atoms with Crippen LogP contribution in [0.5, 0.6) is 5.75 Å². The minimum Gasteiger partial charge on any atom is -0.497 e. The van der Waals surface area contributed by atoms with Crippen LogP contribution in [0.1, 0.15) is 63.9 Å². The van der Waals surface area contributed by atoms with Crippen molar-refractivity contribution in [3.8, 4) is 5.75 Å². The Bertz CT molecular complexity index is 455. The summed E-state index contributed by atoms with van der Waals surface area (Å²) in [5.74, 6) is 1.40. The Kier molecular flexibility index (Phi) is 6.48. The van der Waals surface area contributed by atoms with Crippen LogP contribution in [0, 0.1) is 5.92 Å². The van der Waals surface area contributed by atoms with E-state index in [0.717, 1.165) is 50.7 Å². The van der Waals surface area contributed by atoms with Gasteiger partial charge >= 0.3 is 0 Å². The predicted octanol–water partition coefficient (Wildman–Crippen LogP) is 6.19. The molecule has 0 N–H and O–H groups in total. The molecule has 1 fully saturated rings. The molecule has 122 valence electrons. The molecule has 0 atom stereocenters. The topological polar surface area (TPSA) is 9.23 Å². The average Bonchev–Trinajstić information content (AvgIpc) is 2.55. The summed E-state index contributed by atoms with van der Waals surface area (Å²) in [5.41, 5.74) is 0.292. The molecular weight excluding hydrogens is 275 g/mol. The Balaban J connectivity index is 1.79. The number of rotatable bonds is 7. The Morgan fingerprint density at radius 3 is 2.45 bits per heavy atom. The summed E-state index contributed by atoms with van der Waals surface area (Å²) in [6.45, 7) is 2.17. The molecule has 2 heteroatoms. The molecule has 0 bridgehead atoms. The van der Waals surface area contributed by atoms with E-state index < -0.39 is 5.67 Å². The Morgan fingerprint density at radius 2 is 1.86 bits per heavy atom. The molecule has 0 saturated heterocycles. The number of allylic oxidation sites excluding steroid dienone is 1. The summed E-state index contributed by atoms with van der Waals surface area (Å²) in [5, 5.41) is 0. The van der Waals surface area contributed by atoms with Crippen LogP contribution in [0.15, 0.2) is 30.3 Å². The molecular formula is C20H29FO. The van der Waals surface area contributed by atoms with Gasteiger partial charge in [-0.15, -0.1) is 0 Å². The van der Waals surface area contributed by atoms with Crippen molar-refractivity contribution >= 4 is 6.08 Å². The van der Waals surface area contributed by atoms with Gasteiger partial charge in [0.1, 0.15) is 11.4 Å². The van der Waals surface area contributed by atoms with Crippen LogP contribution in [0.4, 0.5) is 4.39 Å². The number of alkyl halides is 1. The molecule has 1 aliphatic rings. The van der Waals surface area contributed by atoms with Gasteiger partial charge in [-0.25, -0.2) is 4.39 Å². The minimum atomic E-state index is -0.889. The summed E-state index contributed by atoms with van der Waals surface area (Å²) < 4.78 is 19.8. The smallest absolute Gasteiger partial charge is 0.118 e. The lowest BCUT2D eigenvalue weighted by molar-refractivity contribution is 0.0804. The summed E-state index contributed by atoms with van der Waals surface area (Å²) in [6.07, 6.45) is 12.0. The van der Waals surface area contributed by atoms with E-state index in [4.69, 9.17) is 4.74 Å². The van der Waals surface area contributed by atoms with Crippen LogP contribution in [-0.2, 0) is 0 Å². The number of methoxy groups -OCH3 is 1. The van der Waals surface area contributed by atoms with Crippen LogP contribution >= 0.6 is 0 Å². The molecule has 1 aromatic carbocycles. The van der Waals surface area contributed by atoms with E-state index in [1.54, 1.807) is 7.11 Å². The fourth-order valence-corrected chi connectivity index (χ4v) is 3.25. The molecule has 0 spiro atoms. The highest BCUT2D eigenvalue weighted by molar-refractivity contribution is 5.50. The van der Waals surface area contributed by atoms with Crippen molar-refractivity contribution < 1.29 is 9.13 Å². The van der Waals surface area contributed by atoms with Crippen molar-refractivity contribution in [1.82, 2.24) is 0 Å². The van der Waals surface area contributed by atoms with Crippen molar-refractivity contribution in [2.24, 2.45) is 5.92 Å². The summed E-state index contributed by atoms with van der Waals surface area (Å²) >= 11 is 0. The van der Waals surface area contributed by atoms with Crippen molar-refractivity contribution in [1.29, 1.82) is 0 Å². The lowest BCUT2D eigenvalue weighted by Crippen LogP contribution is -2.29. The maximum Gasteiger partial charge on any atom is 0.118 e. The van der Waals surface area contributed by atoms with Crippen LogP contribution in [0.2, 0.25) is 0 Å². The molecule has 22 heavy (non-hydrogen) atoms. The van der Waals surface area contributed by atoms with E-state index in [0.29, 0.717) is 5.92 Å². The van der Waals surface area contributed by atoms with Crippen LogP contribution in [0.25, 0.3) is 6.08 Å². The van der Waals surface area contributed by atoms with Crippen molar-refractivity contribution in [2.75, 3.05) is 7.11 Å². The quantitative estimate of drug-likeness (QED) is 0.546. The summed E-state index contributed by atoms with van der Waals surface area (Å²) in [6, 6.07) is 8.06. The van der Waals surface area contributed by atoms with Gasteiger partial charge in [0.05, 0.1) is 7.11 Å². The zero-order valence-corrected chi connectivity index (χ0v) is 14.0. The van der Waals surface area contributed by atoms with Gasteiger partial charge in [0, 0.05) is 0 Å². The Morgan fingerprint density at radius 1 is 1.18 bits per heavy atom. The maximum absolute atomic E-state index is 14.7. The lowest BCUT2D eigenvalue weighted by Gasteiger charge is -2.33. The van der Waals surface area contributed by atoms with Gasteiger partial charge in [-0.2, -0.15) is 0 Å². The third kappa shape index (κ3) is 5.15. The maximum atomic E-state index is 14.7. The van der Waals surface area contributed by atoms with Gasteiger partial charge in [-0.1, -0.05) is 50.5 Å². The number of hydrogen-bond acceptors (Lipinski definition) is 1. The molecule has 0 unspecified atom stereocenters. The van der Waals surface area contributed by atoms with E-state index in [9.17, 15) is 4.39 Å². The second-order valence-corrected chi connectivity index (χ2v) is 6.58. The monoisotopic (exact) mass is 304 g/mol. The van der Waals surface area contributed by atoms with Gasteiger partial charge in [-0.05, 0) is 55.7 Å². The van der Waals surface area contributed by atoms with E-state index in [2.05, 4.69) is 31.2 Å². The van der Waals surface area contributed by atoms with Crippen LogP contribution in [-0.4, -0.2) is 12.8 Å². The first kappa shape index (κ1) is 17.1. The van der Waals surface area contributed by atoms with E-state index in [1.165, 1.54) is 12.0 Å². The molecule has 2 rings (SSSR count). The number of benzene rings is 1.